The van der Waals surface area contributed by atoms with Crippen LogP contribution in [0.4, 0.5) is 5.69 Å². The van der Waals surface area contributed by atoms with Gasteiger partial charge in [-0.1, -0.05) is 31.4 Å². The van der Waals surface area contributed by atoms with Gasteiger partial charge in [-0.2, -0.15) is 0 Å². The highest BCUT2D eigenvalue weighted by Gasteiger charge is 2.31. The van der Waals surface area contributed by atoms with E-state index >= 15 is 0 Å². The predicted octanol–water partition coefficient (Wildman–Crippen LogP) is 3.61. The molecule has 2 nitrogen and oxygen atoms in total. The summed E-state index contributed by atoms with van der Waals surface area (Å²) >= 11 is 0. The van der Waals surface area contributed by atoms with Gasteiger partial charge < -0.3 is 10.0 Å². The van der Waals surface area contributed by atoms with Gasteiger partial charge in [0.2, 0.25) is 0 Å². The molecule has 1 N–H and O–H groups in total. The molecule has 0 bridgehead atoms. The van der Waals surface area contributed by atoms with Crippen LogP contribution in [-0.4, -0.2) is 17.7 Å². The Morgan fingerprint density at radius 2 is 1.89 bits per heavy atom. The highest BCUT2D eigenvalue weighted by molar-refractivity contribution is 5.62. The SMILES string of the molecule is CC(C)(O)c1cccc2c1CCN2C1CCCCC1. The van der Waals surface area contributed by atoms with Gasteiger partial charge in [-0.15, -0.1) is 0 Å². The van der Waals surface area contributed by atoms with E-state index < -0.39 is 5.60 Å². The van der Waals surface area contributed by atoms with Gasteiger partial charge in [0.1, 0.15) is 0 Å². The summed E-state index contributed by atoms with van der Waals surface area (Å²) in [5.74, 6) is 0. The molecule has 3 rings (SSSR count). The summed E-state index contributed by atoms with van der Waals surface area (Å²) in [7, 11) is 0. The zero-order chi connectivity index (χ0) is 13.5. The molecular formula is C17H25NO. The van der Waals surface area contributed by atoms with Crippen LogP contribution in [0.25, 0.3) is 0 Å². The van der Waals surface area contributed by atoms with Gasteiger partial charge in [-0.3, -0.25) is 0 Å². The van der Waals surface area contributed by atoms with Gasteiger partial charge in [0.25, 0.3) is 0 Å². The Bertz CT molecular complexity index is 455. The lowest BCUT2D eigenvalue weighted by Crippen LogP contribution is -2.35. The zero-order valence-corrected chi connectivity index (χ0v) is 12.2. The summed E-state index contributed by atoms with van der Waals surface area (Å²) in [6.45, 7) is 4.92. The van der Waals surface area contributed by atoms with Crippen LogP contribution in [0, 0.1) is 0 Å². The molecule has 1 aromatic rings. The molecule has 0 amide bonds. The summed E-state index contributed by atoms with van der Waals surface area (Å²) in [6, 6.07) is 7.16. The minimum Gasteiger partial charge on any atom is -0.386 e. The fourth-order valence-corrected chi connectivity index (χ4v) is 3.80. The van der Waals surface area contributed by atoms with Gasteiger partial charge in [-0.25, -0.2) is 0 Å². The molecule has 0 aromatic heterocycles. The van der Waals surface area contributed by atoms with E-state index in [0.717, 1.165) is 24.6 Å². The van der Waals surface area contributed by atoms with Crippen molar-refractivity contribution in [2.45, 2.75) is 64.0 Å². The number of fused-ring (bicyclic) bond motifs is 1. The van der Waals surface area contributed by atoms with E-state index in [4.69, 9.17) is 0 Å². The lowest BCUT2D eigenvalue weighted by molar-refractivity contribution is 0.0778. The topological polar surface area (TPSA) is 23.5 Å². The second-order valence-corrected chi connectivity index (χ2v) is 6.60. The van der Waals surface area contributed by atoms with E-state index in [1.807, 2.05) is 13.8 Å². The second-order valence-electron chi connectivity index (χ2n) is 6.60. The first-order valence-electron chi connectivity index (χ1n) is 7.69. The molecule has 0 saturated heterocycles. The minimum absolute atomic E-state index is 0.728. The summed E-state index contributed by atoms with van der Waals surface area (Å²) in [4.78, 5) is 2.60. The molecule has 1 aliphatic carbocycles. The largest absolute Gasteiger partial charge is 0.386 e. The number of nitrogens with zero attached hydrogens (tertiary/aromatic N) is 1. The molecule has 104 valence electrons. The van der Waals surface area contributed by atoms with Crippen molar-refractivity contribution in [2.24, 2.45) is 0 Å². The van der Waals surface area contributed by atoms with E-state index in [2.05, 4.69) is 23.1 Å². The van der Waals surface area contributed by atoms with E-state index in [0.29, 0.717) is 0 Å². The third-order valence-electron chi connectivity index (χ3n) is 4.74. The minimum atomic E-state index is -0.728. The van der Waals surface area contributed by atoms with Crippen molar-refractivity contribution >= 4 is 5.69 Å². The Labute approximate surface area is 116 Å². The first kappa shape index (κ1) is 13.0. The van der Waals surface area contributed by atoms with Crippen molar-refractivity contribution in [1.29, 1.82) is 0 Å². The van der Waals surface area contributed by atoms with Gasteiger partial charge in [0.15, 0.2) is 0 Å². The quantitative estimate of drug-likeness (QED) is 0.877. The maximum atomic E-state index is 10.3. The Hall–Kier alpha value is -1.02. The fraction of sp³-hybridized carbons (Fsp3) is 0.647. The summed E-state index contributed by atoms with van der Waals surface area (Å²) in [5.41, 5.74) is 3.14. The normalized spacial score (nSPS) is 20.7. The smallest absolute Gasteiger partial charge is 0.0843 e. The van der Waals surface area contributed by atoms with Crippen LogP contribution in [0.5, 0.6) is 0 Å². The van der Waals surface area contributed by atoms with Crippen LogP contribution in [0.15, 0.2) is 18.2 Å². The fourth-order valence-electron chi connectivity index (χ4n) is 3.80. The Balaban J connectivity index is 1.92. The molecule has 0 unspecified atom stereocenters. The number of anilines is 1. The molecule has 1 aliphatic heterocycles. The average Bonchev–Trinajstić information content (AvgIpc) is 2.82. The second kappa shape index (κ2) is 4.82. The number of benzene rings is 1. The molecule has 0 spiro atoms. The predicted molar refractivity (Wildman–Crippen MR) is 79.6 cm³/mol. The Kier molecular flexibility index (Phi) is 3.30. The Morgan fingerprint density at radius 3 is 2.58 bits per heavy atom. The van der Waals surface area contributed by atoms with Crippen molar-refractivity contribution < 1.29 is 5.11 Å². The van der Waals surface area contributed by atoms with Crippen molar-refractivity contribution in [2.75, 3.05) is 11.4 Å². The number of rotatable bonds is 2. The monoisotopic (exact) mass is 259 g/mol. The van der Waals surface area contributed by atoms with Gasteiger partial charge >= 0.3 is 0 Å². The lowest BCUT2D eigenvalue weighted by Gasteiger charge is -2.33. The molecule has 1 heterocycles. The van der Waals surface area contributed by atoms with Crippen LogP contribution in [0.1, 0.15) is 57.1 Å². The number of aliphatic hydroxyl groups is 1. The van der Waals surface area contributed by atoms with Crippen LogP contribution >= 0.6 is 0 Å². The highest BCUT2D eigenvalue weighted by Crippen LogP contribution is 2.38. The lowest BCUT2D eigenvalue weighted by atomic mass is 9.91. The average molecular weight is 259 g/mol. The summed E-state index contributed by atoms with van der Waals surface area (Å²) < 4.78 is 0. The molecule has 19 heavy (non-hydrogen) atoms. The van der Waals surface area contributed by atoms with Gasteiger partial charge in [0, 0.05) is 18.3 Å². The summed E-state index contributed by atoms with van der Waals surface area (Å²) in [6.07, 6.45) is 7.93. The van der Waals surface area contributed by atoms with Crippen molar-refractivity contribution in [1.82, 2.24) is 0 Å². The van der Waals surface area contributed by atoms with Crippen molar-refractivity contribution in [3.8, 4) is 0 Å². The third kappa shape index (κ3) is 2.38. The van der Waals surface area contributed by atoms with Crippen LogP contribution in [0.2, 0.25) is 0 Å². The molecule has 2 heteroatoms. The molecule has 1 saturated carbocycles. The van der Waals surface area contributed by atoms with E-state index in [1.165, 1.54) is 43.4 Å². The molecule has 0 radical (unpaired) electrons. The van der Waals surface area contributed by atoms with Gasteiger partial charge in [-0.05, 0) is 50.3 Å². The number of hydrogen-bond donors (Lipinski definition) is 1. The zero-order valence-electron chi connectivity index (χ0n) is 12.2. The highest BCUT2D eigenvalue weighted by atomic mass is 16.3. The molecule has 2 aliphatic rings. The molecule has 1 aromatic carbocycles. The van der Waals surface area contributed by atoms with Crippen LogP contribution in [0.3, 0.4) is 0 Å². The standard InChI is InChI=1S/C17H25NO/c1-17(2,19)15-9-6-10-16-14(15)11-12-18(16)13-7-4-3-5-8-13/h6,9-10,13,19H,3-5,7-8,11-12H2,1-2H3. The molecule has 1 fully saturated rings. The molecule has 0 atom stereocenters. The Morgan fingerprint density at radius 1 is 1.16 bits per heavy atom. The third-order valence-corrected chi connectivity index (χ3v) is 4.74. The maximum Gasteiger partial charge on any atom is 0.0843 e. The van der Waals surface area contributed by atoms with E-state index in [9.17, 15) is 5.11 Å². The van der Waals surface area contributed by atoms with E-state index in [1.54, 1.807) is 0 Å². The van der Waals surface area contributed by atoms with E-state index in [-0.39, 0.29) is 0 Å². The molecular weight excluding hydrogens is 234 g/mol. The van der Waals surface area contributed by atoms with Crippen molar-refractivity contribution in [3.63, 3.8) is 0 Å². The first-order chi connectivity index (χ1) is 9.07. The van der Waals surface area contributed by atoms with Crippen LogP contribution in [-0.2, 0) is 12.0 Å². The summed E-state index contributed by atoms with van der Waals surface area (Å²) in [5, 5.41) is 10.3. The van der Waals surface area contributed by atoms with Gasteiger partial charge in [0.05, 0.1) is 5.60 Å². The number of hydrogen-bond acceptors (Lipinski definition) is 2. The van der Waals surface area contributed by atoms with Crippen LogP contribution < -0.4 is 4.90 Å². The maximum absolute atomic E-state index is 10.3. The van der Waals surface area contributed by atoms with Crippen molar-refractivity contribution in [3.05, 3.63) is 29.3 Å². The first-order valence-corrected chi connectivity index (χ1v) is 7.69.